The van der Waals surface area contributed by atoms with Crippen LogP contribution in [0.2, 0.25) is 0 Å². The number of amides is 1. The first-order valence-corrected chi connectivity index (χ1v) is 4.54. The van der Waals surface area contributed by atoms with Crippen molar-refractivity contribution < 1.29 is 9.32 Å². The van der Waals surface area contributed by atoms with Crippen LogP contribution in [0.15, 0.2) is 16.8 Å². The average Bonchev–Trinajstić information content (AvgIpc) is 2.65. The average molecular weight is 197 g/mol. The van der Waals surface area contributed by atoms with Gasteiger partial charge in [0.05, 0.1) is 18.8 Å². The standard InChI is InChI=1S/C9H15N3O2/c1-6(2)8(10)9(13)11-5-7-3-4-12-14-7/h3-4,6,8H,5,10H2,1-2H3,(H,11,13). The molecule has 0 aromatic carbocycles. The van der Waals surface area contributed by atoms with E-state index in [0.717, 1.165) is 0 Å². The van der Waals surface area contributed by atoms with E-state index in [9.17, 15) is 4.79 Å². The van der Waals surface area contributed by atoms with Crippen LogP contribution in [0.1, 0.15) is 19.6 Å². The molecule has 1 rings (SSSR count). The van der Waals surface area contributed by atoms with Gasteiger partial charge in [-0.1, -0.05) is 19.0 Å². The van der Waals surface area contributed by atoms with Gasteiger partial charge in [-0.15, -0.1) is 0 Å². The lowest BCUT2D eigenvalue weighted by molar-refractivity contribution is -0.123. The first kappa shape index (κ1) is 10.7. The zero-order valence-electron chi connectivity index (χ0n) is 8.36. The smallest absolute Gasteiger partial charge is 0.237 e. The number of hydrogen-bond acceptors (Lipinski definition) is 4. The van der Waals surface area contributed by atoms with E-state index in [1.54, 1.807) is 6.07 Å². The number of aromatic nitrogens is 1. The normalized spacial score (nSPS) is 12.9. The van der Waals surface area contributed by atoms with E-state index in [4.69, 9.17) is 10.3 Å². The summed E-state index contributed by atoms with van der Waals surface area (Å²) in [5.74, 6) is 0.579. The highest BCUT2D eigenvalue weighted by molar-refractivity contribution is 5.81. The zero-order valence-corrected chi connectivity index (χ0v) is 8.36. The fourth-order valence-electron chi connectivity index (χ4n) is 0.928. The number of nitrogens with one attached hydrogen (secondary N) is 1. The summed E-state index contributed by atoms with van der Waals surface area (Å²) in [5, 5.41) is 6.19. The van der Waals surface area contributed by atoms with E-state index in [-0.39, 0.29) is 11.8 Å². The Bertz CT molecular complexity index is 282. The molecule has 1 unspecified atom stereocenters. The molecule has 0 spiro atoms. The highest BCUT2D eigenvalue weighted by Crippen LogP contribution is 1.99. The SMILES string of the molecule is CC(C)C(N)C(=O)NCc1ccno1. The van der Waals surface area contributed by atoms with E-state index in [1.807, 2.05) is 13.8 Å². The Morgan fingerprint density at radius 1 is 1.71 bits per heavy atom. The molecule has 0 aliphatic rings. The molecule has 3 N–H and O–H groups in total. The molecule has 1 amide bonds. The van der Waals surface area contributed by atoms with Gasteiger partial charge >= 0.3 is 0 Å². The van der Waals surface area contributed by atoms with E-state index in [0.29, 0.717) is 12.3 Å². The Labute approximate surface area is 82.6 Å². The predicted molar refractivity (Wildman–Crippen MR) is 51.2 cm³/mol. The highest BCUT2D eigenvalue weighted by Gasteiger charge is 2.16. The van der Waals surface area contributed by atoms with Gasteiger partial charge in [-0.2, -0.15) is 0 Å². The van der Waals surface area contributed by atoms with Gasteiger partial charge < -0.3 is 15.6 Å². The van der Waals surface area contributed by atoms with Crippen LogP contribution in [0.25, 0.3) is 0 Å². The van der Waals surface area contributed by atoms with Gasteiger partial charge in [0, 0.05) is 6.07 Å². The van der Waals surface area contributed by atoms with E-state index >= 15 is 0 Å². The molecule has 0 aliphatic carbocycles. The minimum absolute atomic E-state index is 0.129. The number of carbonyl (C=O) groups excluding carboxylic acids is 1. The molecule has 78 valence electrons. The van der Waals surface area contributed by atoms with Crippen LogP contribution in [0, 0.1) is 5.92 Å². The number of nitrogens with two attached hydrogens (primary N) is 1. The van der Waals surface area contributed by atoms with E-state index in [2.05, 4.69) is 10.5 Å². The molecule has 1 aromatic heterocycles. The van der Waals surface area contributed by atoms with Crippen LogP contribution >= 0.6 is 0 Å². The first-order chi connectivity index (χ1) is 6.61. The topological polar surface area (TPSA) is 81.2 Å². The van der Waals surface area contributed by atoms with E-state index < -0.39 is 6.04 Å². The summed E-state index contributed by atoms with van der Waals surface area (Å²) in [4.78, 5) is 11.4. The minimum atomic E-state index is -0.474. The molecule has 0 saturated carbocycles. The third-order valence-electron chi connectivity index (χ3n) is 1.95. The molecule has 0 saturated heterocycles. The second-order valence-corrected chi connectivity index (χ2v) is 3.47. The molecular weight excluding hydrogens is 182 g/mol. The maximum atomic E-state index is 11.4. The maximum absolute atomic E-state index is 11.4. The van der Waals surface area contributed by atoms with Crippen LogP contribution in [0.3, 0.4) is 0 Å². The van der Waals surface area contributed by atoms with Crippen molar-refractivity contribution >= 4 is 5.91 Å². The van der Waals surface area contributed by atoms with Crippen LogP contribution in [0.5, 0.6) is 0 Å². The second-order valence-electron chi connectivity index (χ2n) is 3.47. The Morgan fingerprint density at radius 3 is 2.93 bits per heavy atom. The van der Waals surface area contributed by atoms with Crippen LogP contribution < -0.4 is 11.1 Å². The summed E-state index contributed by atoms with van der Waals surface area (Å²) in [6, 6.07) is 1.22. The Balaban J connectivity index is 2.35. The van der Waals surface area contributed by atoms with Crippen LogP contribution in [-0.2, 0) is 11.3 Å². The molecule has 5 heteroatoms. The molecule has 0 radical (unpaired) electrons. The fourth-order valence-corrected chi connectivity index (χ4v) is 0.928. The molecule has 1 heterocycles. The lowest BCUT2D eigenvalue weighted by atomic mass is 10.1. The van der Waals surface area contributed by atoms with Crippen molar-refractivity contribution in [3.05, 3.63) is 18.0 Å². The summed E-state index contributed by atoms with van der Waals surface area (Å²) in [7, 11) is 0. The molecule has 0 bridgehead atoms. The monoisotopic (exact) mass is 197 g/mol. The van der Waals surface area contributed by atoms with Gasteiger partial charge in [-0.05, 0) is 5.92 Å². The molecule has 0 aliphatic heterocycles. The third kappa shape index (κ3) is 2.85. The van der Waals surface area contributed by atoms with Crippen molar-refractivity contribution in [2.24, 2.45) is 11.7 Å². The van der Waals surface area contributed by atoms with Crippen molar-refractivity contribution in [2.45, 2.75) is 26.4 Å². The van der Waals surface area contributed by atoms with Crippen molar-refractivity contribution in [3.8, 4) is 0 Å². The number of nitrogens with zero attached hydrogens (tertiary/aromatic N) is 1. The molecule has 5 nitrogen and oxygen atoms in total. The number of rotatable bonds is 4. The molecule has 1 aromatic rings. The molecular formula is C9H15N3O2. The van der Waals surface area contributed by atoms with Crippen molar-refractivity contribution in [1.82, 2.24) is 10.5 Å². The van der Waals surface area contributed by atoms with Crippen molar-refractivity contribution in [3.63, 3.8) is 0 Å². The van der Waals surface area contributed by atoms with Gasteiger partial charge in [-0.25, -0.2) is 0 Å². The lowest BCUT2D eigenvalue weighted by Crippen LogP contribution is -2.43. The second kappa shape index (κ2) is 4.76. The van der Waals surface area contributed by atoms with Gasteiger partial charge in [0.25, 0.3) is 0 Å². The number of hydrogen-bond donors (Lipinski definition) is 2. The van der Waals surface area contributed by atoms with Gasteiger partial charge in [0.15, 0.2) is 5.76 Å². The summed E-state index contributed by atoms with van der Waals surface area (Å²) >= 11 is 0. The van der Waals surface area contributed by atoms with Crippen molar-refractivity contribution in [1.29, 1.82) is 0 Å². The molecule has 0 fully saturated rings. The minimum Gasteiger partial charge on any atom is -0.360 e. The third-order valence-corrected chi connectivity index (χ3v) is 1.95. The summed E-state index contributed by atoms with van der Waals surface area (Å²) in [6.07, 6.45) is 1.53. The lowest BCUT2D eigenvalue weighted by Gasteiger charge is -2.14. The summed E-state index contributed by atoms with van der Waals surface area (Å²) in [5.41, 5.74) is 5.64. The quantitative estimate of drug-likeness (QED) is 0.726. The fraction of sp³-hybridized carbons (Fsp3) is 0.556. The Hall–Kier alpha value is -1.36. The molecule has 1 atom stereocenters. The Kier molecular flexibility index (Phi) is 3.64. The summed E-state index contributed by atoms with van der Waals surface area (Å²) in [6.45, 7) is 4.14. The Morgan fingerprint density at radius 2 is 2.43 bits per heavy atom. The predicted octanol–water partition coefficient (Wildman–Crippen LogP) is 0.274. The molecule has 14 heavy (non-hydrogen) atoms. The first-order valence-electron chi connectivity index (χ1n) is 4.54. The summed E-state index contributed by atoms with van der Waals surface area (Å²) < 4.78 is 4.82. The maximum Gasteiger partial charge on any atom is 0.237 e. The van der Waals surface area contributed by atoms with Gasteiger partial charge in [-0.3, -0.25) is 4.79 Å². The largest absolute Gasteiger partial charge is 0.360 e. The highest BCUT2D eigenvalue weighted by atomic mass is 16.5. The van der Waals surface area contributed by atoms with Crippen molar-refractivity contribution in [2.75, 3.05) is 0 Å². The van der Waals surface area contributed by atoms with Crippen LogP contribution in [-0.4, -0.2) is 17.1 Å². The van der Waals surface area contributed by atoms with E-state index in [1.165, 1.54) is 6.20 Å². The zero-order chi connectivity index (χ0) is 10.6. The van der Waals surface area contributed by atoms with Crippen LogP contribution in [0.4, 0.5) is 0 Å². The van der Waals surface area contributed by atoms with Gasteiger partial charge in [0.2, 0.25) is 5.91 Å². The number of carbonyl (C=O) groups is 1. The van der Waals surface area contributed by atoms with Gasteiger partial charge in [0.1, 0.15) is 0 Å².